The molecule has 1 aromatic rings. The van der Waals surface area contributed by atoms with Crippen LogP contribution in [0.4, 0.5) is 24.8 Å². The van der Waals surface area contributed by atoms with Gasteiger partial charge in [-0.1, -0.05) is 20.3 Å². The van der Waals surface area contributed by atoms with Gasteiger partial charge in [-0.05, 0) is 25.7 Å². The van der Waals surface area contributed by atoms with E-state index in [4.69, 9.17) is 0 Å². The van der Waals surface area contributed by atoms with Crippen LogP contribution in [0.1, 0.15) is 45.1 Å². The Balaban J connectivity index is 2.26. The van der Waals surface area contributed by atoms with Gasteiger partial charge in [0, 0.05) is 12.1 Å². The van der Waals surface area contributed by atoms with E-state index in [1.807, 2.05) is 13.8 Å². The predicted octanol–water partition coefficient (Wildman–Crippen LogP) is 3.76. The lowest BCUT2D eigenvalue weighted by Gasteiger charge is -2.23. The number of nitrogens with one attached hydrogen (secondary N) is 2. The Morgan fingerprint density at radius 2 is 1.81 bits per heavy atom. The van der Waals surface area contributed by atoms with Gasteiger partial charge in [0.25, 0.3) is 0 Å². The van der Waals surface area contributed by atoms with E-state index in [9.17, 15) is 13.2 Å². The van der Waals surface area contributed by atoms with Crippen molar-refractivity contribution in [2.45, 2.75) is 57.7 Å². The van der Waals surface area contributed by atoms with Crippen molar-refractivity contribution in [1.29, 1.82) is 0 Å². The molecule has 4 nitrogen and oxygen atoms in total. The number of nitrogens with zero attached hydrogens (tertiary/aromatic N) is 2. The van der Waals surface area contributed by atoms with E-state index in [-0.39, 0.29) is 12.8 Å². The molecule has 0 unspecified atom stereocenters. The second kappa shape index (κ2) is 6.07. The van der Waals surface area contributed by atoms with Gasteiger partial charge in [0.1, 0.15) is 23.5 Å². The summed E-state index contributed by atoms with van der Waals surface area (Å²) in [5.74, 6) is 0.939. The van der Waals surface area contributed by atoms with Gasteiger partial charge in [0.05, 0.1) is 0 Å². The Morgan fingerprint density at radius 1 is 1.14 bits per heavy atom. The van der Waals surface area contributed by atoms with Gasteiger partial charge in [0.2, 0.25) is 0 Å². The van der Waals surface area contributed by atoms with Crippen molar-refractivity contribution in [1.82, 2.24) is 9.97 Å². The van der Waals surface area contributed by atoms with Crippen molar-refractivity contribution in [2.24, 2.45) is 0 Å². The summed E-state index contributed by atoms with van der Waals surface area (Å²) in [5.41, 5.74) is -1.06. The number of hydrogen-bond donors (Lipinski definition) is 2. The topological polar surface area (TPSA) is 49.8 Å². The van der Waals surface area contributed by atoms with E-state index in [1.54, 1.807) is 0 Å². The average molecular weight is 302 g/mol. The summed E-state index contributed by atoms with van der Waals surface area (Å²) in [4.78, 5) is 8.21. The molecule has 0 saturated heterocycles. The van der Waals surface area contributed by atoms with Crippen LogP contribution in [-0.4, -0.2) is 28.2 Å². The third kappa shape index (κ3) is 3.39. The number of aromatic nitrogens is 2. The molecule has 118 valence electrons. The van der Waals surface area contributed by atoms with E-state index in [2.05, 4.69) is 20.6 Å². The van der Waals surface area contributed by atoms with Crippen LogP contribution < -0.4 is 10.6 Å². The molecule has 1 aliphatic carbocycles. The van der Waals surface area contributed by atoms with E-state index >= 15 is 0 Å². The van der Waals surface area contributed by atoms with E-state index in [0.717, 1.165) is 24.9 Å². The Kier molecular flexibility index (Phi) is 4.58. The van der Waals surface area contributed by atoms with Gasteiger partial charge in [-0.3, -0.25) is 0 Å². The first-order chi connectivity index (χ1) is 9.93. The molecule has 0 aliphatic heterocycles. The average Bonchev–Trinajstić information content (AvgIpc) is 3.20. The quantitative estimate of drug-likeness (QED) is 0.805. The molecule has 2 rings (SSSR count). The molecule has 1 aromatic heterocycles. The molecule has 0 bridgehead atoms. The van der Waals surface area contributed by atoms with Gasteiger partial charge in [0.15, 0.2) is 0 Å². The minimum atomic E-state index is -4.25. The molecule has 0 amide bonds. The number of rotatable bonds is 7. The fraction of sp³-hybridized carbons (Fsp3) is 0.714. The zero-order valence-electron chi connectivity index (χ0n) is 12.3. The van der Waals surface area contributed by atoms with Crippen molar-refractivity contribution in [2.75, 3.05) is 17.2 Å². The molecule has 21 heavy (non-hydrogen) atoms. The minimum absolute atomic E-state index is 0.101. The predicted molar refractivity (Wildman–Crippen MR) is 76.5 cm³/mol. The van der Waals surface area contributed by atoms with E-state index in [0.29, 0.717) is 18.1 Å². The zero-order valence-corrected chi connectivity index (χ0v) is 12.3. The molecular weight excluding hydrogens is 281 g/mol. The number of halogens is 3. The highest BCUT2D eigenvalue weighted by atomic mass is 19.4. The highest BCUT2D eigenvalue weighted by Gasteiger charge is 2.63. The first-order valence-corrected chi connectivity index (χ1v) is 7.36. The molecule has 7 heteroatoms. The maximum Gasteiger partial charge on any atom is 0.411 e. The van der Waals surface area contributed by atoms with Crippen LogP contribution in [0, 0.1) is 0 Å². The maximum absolute atomic E-state index is 13.1. The lowest BCUT2D eigenvalue weighted by atomic mass is 10.1. The third-order valence-corrected chi connectivity index (χ3v) is 3.64. The van der Waals surface area contributed by atoms with Gasteiger partial charge in [-0.2, -0.15) is 13.2 Å². The summed E-state index contributed by atoms with van der Waals surface area (Å²) in [7, 11) is 0. The summed E-state index contributed by atoms with van der Waals surface area (Å²) in [6.45, 7) is 4.74. The lowest BCUT2D eigenvalue weighted by molar-refractivity contribution is -0.151. The molecule has 1 fully saturated rings. The Bertz CT molecular complexity index is 484. The second-order valence-electron chi connectivity index (χ2n) is 5.43. The van der Waals surface area contributed by atoms with Crippen molar-refractivity contribution >= 4 is 11.6 Å². The molecule has 0 aromatic carbocycles. The fourth-order valence-corrected chi connectivity index (χ4v) is 2.23. The number of alkyl halides is 3. The van der Waals surface area contributed by atoms with Crippen molar-refractivity contribution in [3.63, 3.8) is 0 Å². The Labute approximate surface area is 122 Å². The normalized spacial score (nSPS) is 16.6. The smallest absolute Gasteiger partial charge is 0.370 e. The first kappa shape index (κ1) is 15.9. The van der Waals surface area contributed by atoms with Crippen LogP contribution in [0.2, 0.25) is 0 Å². The highest BCUT2D eigenvalue weighted by Crippen LogP contribution is 2.51. The monoisotopic (exact) mass is 302 g/mol. The molecule has 0 atom stereocenters. The summed E-state index contributed by atoms with van der Waals surface area (Å²) in [6, 6.07) is 0. The summed E-state index contributed by atoms with van der Waals surface area (Å²) < 4.78 is 39.2. The molecule has 1 saturated carbocycles. The van der Waals surface area contributed by atoms with Crippen LogP contribution in [-0.2, 0) is 6.42 Å². The van der Waals surface area contributed by atoms with E-state index in [1.165, 1.54) is 6.33 Å². The third-order valence-electron chi connectivity index (χ3n) is 3.64. The summed E-state index contributed by atoms with van der Waals surface area (Å²) >= 11 is 0. The van der Waals surface area contributed by atoms with Crippen LogP contribution in [0.25, 0.3) is 0 Å². The van der Waals surface area contributed by atoms with Gasteiger partial charge >= 0.3 is 6.18 Å². The SMILES string of the molecule is CCCNc1ncnc(NC2(C(F)(F)F)CC2)c1CCC. The Hall–Kier alpha value is -1.53. The van der Waals surface area contributed by atoms with E-state index < -0.39 is 11.7 Å². The van der Waals surface area contributed by atoms with Crippen molar-refractivity contribution in [3.05, 3.63) is 11.9 Å². The van der Waals surface area contributed by atoms with Gasteiger partial charge in [-0.25, -0.2) is 9.97 Å². The summed E-state index contributed by atoms with van der Waals surface area (Å²) in [6.07, 6.45) is -0.353. The molecular formula is C14H21F3N4. The zero-order chi connectivity index (χ0) is 15.5. The molecule has 0 radical (unpaired) electrons. The van der Waals surface area contributed by atoms with Crippen LogP contribution in [0.5, 0.6) is 0 Å². The maximum atomic E-state index is 13.1. The fourth-order valence-electron chi connectivity index (χ4n) is 2.23. The van der Waals surface area contributed by atoms with Crippen molar-refractivity contribution in [3.8, 4) is 0 Å². The van der Waals surface area contributed by atoms with Crippen LogP contribution in [0.3, 0.4) is 0 Å². The van der Waals surface area contributed by atoms with Crippen LogP contribution >= 0.6 is 0 Å². The summed E-state index contributed by atoms with van der Waals surface area (Å²) in [5, 5.41) is 5.78. The van der Waals surface area contributed by atoms with Gasteiger partial charge in [-0.15, -0.1) is 0 Å². The second-order valence-corrected chi connectivity index (χ2v) is 5.43. The standard InChI is InChI=1S/C14H21F3N4/c1-3-5-10-11(18-8-4-2)19-9-20-12(10)21-13(6-7-13)14(15,16)17/h9H,3-8H2,1-2H3,(H2,18,19,20,21). The van der Waals surface area contributed by atoms with Crippen LogP contribution in [0.15, 0.2) is 6.33 Å². The number of hydrogen-bond acceptors (Lipinski definition) is 4. The molecule has 1 heterocycles. The molecule has 2 N–H and O–H groups in total. The first-order valence-electron chi connectivity index (χ1n) is 7.36. The van der Waals surface area contributed by atoms with Crippen molar-refractivity contribution < 1.29 is 13.2 Å². The Morgan fingerprint density at radius 3 is 2.33 bits per heavy atom. The number of anilines is 2. The largest absolute Gasteiger partial charge is 0.411 e. The lowest BCUT2D eigenvalue weighted by Crippen LogP contribution is -2.39. The minimum Gasteiger partial charge on any atom is -0.370 e. The van der Waals surface area contributed by atoms with Gasteiger partial charge < -0.3 is 10.6 Å². The highest BCUT2D eigenvalue weighted by molar-refractivity contribution is 5.59. The molecule has 0 spiro atoms. The molecule has 1 aliphatic rings.